The maximum absolute atomic E-state index is 5.05. The van der Waals surface area contributed by atoms with Crippen LogP contribution in [0.3, 0.4) is 0 Å². The van der Waals surface area contributed by atoms with E-state index in [1.807, 2.05) is 0 Å². The van der Waals surface area contributed by atoms with Gasteiger partial charge in [-0.3, -0.25) is 4.40 Å². The molecule has 6 aromatic rings. The summed E-state index contributed by atoms with van der Waals surface area (Å²) < 4.78 is 2.33. The Hall–Kier alpha value is -3.39. The van der Waals surface area contributed by atoms with Crippen molar-refractivity contribution in [2.24, 2.45) is 0 Å². The van der Waals surface area contributed by atoms with Gasteiger partial charge >= 0.3 is 0 Å². The third kappa shape index (κ3) is 1.68. The summed E-state index contributed by atoms with van der Waals surface area (Å²) in [5.74, 6) is 0. The average Bonchev–Trinajstić information content (AvgIpc) is 3.06. The molecule has 0 fully saturated rings. The number of hydrogen-bond acceptors (Lipinski definition) is 1. The van der Waals surface area contributed by atoms with Gasteiger partial charge in [0.1, 0.15) is 5.65 Å². The van der Waals surface area contributed by atoms with Crippen molar-refractivity contribution in [1.29, 1.82) is 0 Å². The molecule has 0 saturated heterocycles. The molecule has 0 saturated carbocycles. The van der Waals surface area contributed by atoms with Gasteiger partial charge in [0.25, 0.3) is 0 Å². The fraction of sp³-hybridized carbons (Fsp3) is 0.0417. The minimum absolute atomic E-state index is 1.04. The number of fused-ring (bicyclic) bond motifs is 10. The van der Waals surface area contributed by atoms with Gasteiger partial charge in [-0.1, -0.05) is 60.7 Å². The summed E-state index contributed by atoms with van der Waals surface area (Å²) in [6.45, 7) is 2.14. The molecule has 0 amide bonds. The number of benzene rings is 4. The molecule has 2 aromatic heterocycles. The molecule has 0 N–H and O–H groups in total. The Morgan fingerprint density at radius 3 is 2.42 bits per heavy atom. The van der Waals surface area contributed by atoms with E-state index in [2.05, 4.69) is 90.2 Å². The van der Waals surface area contributed by atoms with Crippen LogP contribution < -0.4 is 0 Å². The number of aryl methyl sites for hydroxylation is 1. The molecule has 2 heterocycles. The summed E-state index contributed by atoms with van der Waals surface area (Å²) in [7, 11) is 0. The number of imidazole rings is 1. The van der Waals surface area contributed by atoms with E-state index in [0.717, 1.165) is 11.2 Å². The van der Waals surface area contributed by atoms with Gasteiger partial charge in [0.15, 0.2) is 0 Å². The van der Waals surface area contributed by atoms with Crippen LogP contribution in [0, 0.1) is 6.92 Å². The second kappa shape index (κ2) is 4.83. The number of pyridine rings is 1. The first-order valence-corrected chi connectivity index (χ1v) is 8.92. The third-order valence-corrected chi connectivity index (χ3v) is 5.40. The van der Waals surface area contributed by atoms with E-state index >= 15 is 0 Å². The zero-order valence-corrected chi connectivity index (χ0v) is 14.4. The Balaban J connectivity index is 2.05. The van der Waals surface area contributed by atoms with E-state index in [9.17, 15) is 0 Å². The first-order chi connectivity index (χ1) is 12.8. The highest BCUT2D eigenvalue weighted by molar-refractivity contribution is 6.23. The summed E-state index contributed by atoms with van der Waals surface area (Å²) in [6.07, 6.45) is 0. The minimum atomic E-state index is 1.04. The van der Waals surface area contributed by atoms with Gasteiger partial charge in [-0.15, -0.1) is 0 Å². The molecule has 0 radical (unpaired) electrons. The van der Waals surface area contributed by atoms with Crippen LogP contribution in [0.25, 0.3) is 49.1 Å². The van der Waals surface area contributed by atoms with Crippen molar-refractivity contribution >= 4 is 49.1 Å². The lowest BCUT2D eigenvalue weighted by Gasteiger charge is -2.11. The largest absolute Gasteiger partial charge is 0.292 e. The molecule has 0 aliphatic heterocycles. The molecule has 2 nitrogen and oxygen atoms in total. The van der Waals surface area contributed by atoms with E-state index < -0.39 is 0 Å². The quantitative estimate of drug-likeness (QED) is 0.300. The number of nitrogens with zero attached hydrogens (tertiary/aromatic N) is 2. The Labute approximate surface area is 150 Å². The predicted molar refractivity (Wildman–Crippen MR) is 110 cm³/mol. The van der Waals surface area contributed by atoms with Crippen LogP contribution in [-0.4, -0.2) is 9.38 Å². The molecule has 0 atom stereocenters. The number of aromatic nitrogens is 2. The van der Waals surface area contributed by atoms with Gasteiger partial charge in [0.2, 0.25) is 0 Å². The van der Waals surface area contributed by atoms with Gasteiger partial charge in [-0.25, -0.2) is 4.98 Å². The SMILES string of the molecule is Cc1ccc2nc3c4c5ccccc5ccc4c4ccccc4n3c2c1. The highest BCUT2D eigenvalue weighted by Gasteiger charge is 2.15. The normalized spacial score (nSPS) is 12.0. The topological polar surface area (TPSA) is 17.3 Å². The van der Waals surface area contributed by atoms with Crippen LogP contribution >= 0.6 is 0 Å². The molecule has 122 valence electrons. The van der Waals surface area contributed by atoms with Crippen molar-refractivity contribution in [3.05, 3.63) is 84.4 Å². The predicted octanol–water partition coefficient (Wildman–Crippen LogP) is 6.26. The van der Waals surface area contributed by atoms with Crippen LogP contribution in [0.2, 0.25) is 0 Å². The molecule has 6 rings (SSSR count). The molecule has 2 heteroatoms. The number of para-hydroxylation sites is 1. The van der Waals surface area contributed by atoms with Crippen LogP contribution in [0.5, 0.6) is 0 Å². The zero-order chi connectivity index (χ0) is 17.3. The van der Waals surface area contributed by atoms with E-state index in [1.165, 1.54) is 43.5 Å². The second-order valence-electron chi connectivity index (χ2n) is 6.99. The van der Waals surface area contributed by atoms with Crippen molar-refractivity contribution in [3.63, 3.8) is 0 Å². The molecule has 4 aromatic carbocycles. The Morgan fingerprint density at radius 1 is 0.692 bits per heavy atom. The van der Waals surface area contributed by atoms with Crippen LogP contribution in [-0.2, 0) is 0 Å². The molecule has 0 aliphatic carbocycles. The average molecular weight is 332 g/mol. The van der Waals surface area contributed by atoms with Gasteiger partial charge in [0, 0.05) is 10.8 Å². The van der Waals surface area contributed by atoms with Crippen molar-refractivity contribution in [2.45, 2.75) is 6.92 Å². The van der Waals surface area contributed by atoms with E-state index in [-0.39, 0.29) is 0 Å². The van der Waals surface area contributed by atoms with E-state index in [1.54, 1.807) is 0 Å². The van der Waals surface area contributed by atoms with Gasteiger partial charge < -0.3 is 0 Å². The molecular formula is C24H16N2. The molecule has 0 bridgehead atoms. The highest BCUT2D eigenvalue weighted by atomic mass is 15.0. The first kappa shape index (κ1) is 13.9. The Bertz CT molecular complexity index is 1490. The molecule has 0 aliphatic rings. The summed E-state index contributed by atoms with van der Waals surface area (Å²) >= 11 is 0. The lowest BCUT2D eigenvalue weighted by molar-refractivity contribution is 1.31. The summed E-state index contributed by atoms with van der Waals surface area (Å²) in [5, 5.41) is 6.27. The fourth-order valence-corrected chi connectivity index (χ4v) is 4.23. The van der Waals surface area contributed by atoms with Crippen molar-refractivity contribution in [2.75, 3.05) is 0 Å². The number of hydrogen-bond donors (Lipinski definition) is 0. The molecule has 0 spiro atoms. The van der Waals surface area contributed by atoms with Crippen molar-refractivity contribution < 1.29 is 0 Å². The summed E-state index contributed by atoms with van der Waals surface area (Å²) in [6, 6.07) is 28.2. The van der Waals surface area contributed by atoms with Gasteiger partial charge in [-0.2, -0.15) is 0 Å². The highest BCUT2D eigenvalue weighted by Crippen LogP contribution is 2.36. The van der Waals surface area contributed by atoms with Crippen LogP contribution in [0.4, 0.5) is 0 Å². The number of rotatable bonds is 0. The molecule has 0 unspecified atom stereocenters. The van der Waals surface area contributed by atoms with E-state index in [0.29, 0.717) is 0 Å². The Kier molecular flexibility index (Phi) is 2.57. The second-order valence-corrected chi connectivity index (χ2v) is 6.99. The maximum Gasteiger partial charge on any atom is 0.147 e. The summed E-state index contributed by atoms with van der Waals surface area (Å²) in [5.41, 5.74) is 5.71. The maximum atomic E-state index is 5.05. The van der Waals surface area contributed by atoms with Crippen molar-refractivity contribution in [3.8, 4) is 0 Å². The zero-order valence-electron chi connectivity index (χ0n) is 14.4. The minimum Gasteiger partial charge on any atom is -0.292 e. The monoisotopic (exact) mass is 332 g/mol. The van der Waals surface area contributed by atoms with Crippen LogP contribution in [0.15, 0.2) is 78.9 Å². The molecular weight excluding hydrogens is 316 g/mol. The van der Waals surface area contributed by atoms with Crippen LogP contribution in [0.1, 0.15) is 5.56 Å². The third-order valence-electron chi connectivity index (χ3n) is 5.40. The summed E-state index contributed by atoms with van der Waals surface area (Å²) in [4.78, 5) is 5.05. The van der Waals surface area contributed by atoms with Gasteiger partial charge in [-0.05, 0) is 46.8 Å². The van der Waals surface area contributed by atoms with E-state index in [4.69, 9.17) is 4.98 Å². The lowest BCUT2D eigenvalue weighted by atomic mass is 10.00. The smallest absolute Gasteiger partial charge is 0.147 e. The van der Waals surface area contributed by atoms with Crippen molar-refractivity contribution in [1.82, 2.24) is 9.38 Å². The first-order valence-electron chi connectivity index (χ1n) is 8.92. The fourth-order valence-electron chi connectivity index (χ4n) is 4.23. The van der Waals surface area contributed by atoms with Gasteiger partial charge in [0.05, 0.1) is 16.6 Å². The standard InChI is InChI=1S/C24H16N2/c1-15-10-13-20-22(14-15)26-21-9-5-4-8-18(21)19-12-11-16-6-2-3-7-17(16)23(19)24(26)25-20/h2-14H,1H3. The lowest BCUT2D eigenvalue weighted by Crippen LogP contribution is -1.92. The molecule has 26 heavy (non-hydrogen) atoms. The Morgan fingerprint density at radius 2 is 1.50 bits per heavy atom.